The summed E-state index contributed by atoms with van der Waals surface area (Å²) in [5, 5.41) is 0. The molecular weight excluding hydrogens is 312 g/mol. The molecule has 0 aliphatic rings. The molecule has 0 fully saturated rings. The first kappa shape index (κ1) is 17.0. The molecule has 0 aromatic heterocycles. The number of hydrogen-bond donors (Lipinski definition) is 0. The average Bonchev–Trinajstić information content (AvgIpc) is 2.54. The molecule has 0 heterocycles. The van der Waals surface area contributed by atoms with Crippen molar-refractivity contribution in [1.29, 1.82) is 0 Å². The molecule has 0 aliphatic carbocycles. The zero-order chi connectivity index (χ0) is 17.0. The van der Waals surface area contributed by atoms with E-state index in [0.29, 0.717) is 5.69 Å². The number of sulfonamides is 1. The van der Waals surface area contributed by atoms with E-state index in [0.717, 1.165) is 17.5 Å². The molecule has 23 heavy (non-hydrogen) atoms. The lowest BCUT2D eigenvalue weighted by atomic mass is 10.1. The minimum absolute atomic E-state index is 0.0274. The molecule has 0 aliphatic heterocycles. The first-order chi connectivity index (χ1) is 10.8. The van der Waals surface area contributed by atoms with Gasteiger partial charge in [0.05, 0.1) is 18.4 Å². The highest BCUT2D eigenvalue weighted by Crippen LogP contribution is 2.18. The van der Waals surface area contributed by atoms with Gasteiger partial charge in [-0.3, -0.25) is 9.10 Å². The number of hydrogen-bond acceptors (Lipinski definition) is 3. The summed E-state index contributed by atoms with van der Waals surface area (Å²) in [6, 6.07) is 16.4. The molecule has 2 aromatic carbocycles. The zero-order valence-corrected chi connectivity index (χ0v) is 14.2. The number of rotatable bonds is 5. The Bertz CT molecular complexity index is 771. The second-order valence-corrected chi connectivity index (χ2v) is 7.38. The molecule has 5 nitrogen and oxygen atoms in total. The largest absolute Gasteiger partial charge is 0.315 e. The molecule has 122 valence electrons. The van der Waals surface area contributed by atoms with E-state index < -0.39 is 10.0 Å². The van der Waals surface area contributed by atoms with E-state index in [1.165, 1.54) is 11.4 Å². The molecule has 0 spiro atoms. The third-order valence-electron chi connectivity index (χ3n) is 3.67. The van der Waals surface area contributed by atoms with Crippen LogP contribution in [0.4, 0.5) is 11.4 Å². The zero-order valence-electron chi connectivity index (χ0n) is 13.4. The number of para-hydroxylation sites is 1. The van der Waals surface area contributed by atoms with Gasteiger partial charge in [0.2, 0.25) is 15.9 Å². The van der Waals surface area contributed by atoms with Gasteiger partial charge in [-0.15, -0.1) is 0 Å². The van der Waals surface area contributed by atoms with Gasteiger partial charge in [-0.2, -0.15) is 0 Å². The van der Waals surface area contributed by atoms with Crippen LogP contribution in [0.15, 0.2) is 54.6 Å². The maximum absolute atomic E-state index is 12.3. The second-order valence-electron chi connectivity index (χ2n) is 5.36. The standard InChI is InChI=1S/C17H20N2O3S/c1-18(15-7-5-4-6-8-15)17(20)13-14-9-11-16(12-10-14)19(2)23(3,21)22/h4-12H,13H2,1-3H3. The monoisotopic (exact) mass is 332 g/mol. The van der Waals surface area contributed by atoms with Crippen LogP contribution < -0.4 is 9.21 Å². The Morgan fingerprint density at radius 3 is 2.00 bits per heavy atom. The summed E-state index contributed by atoms with van der Waals surface area (Å²) in [6.07, 6.45) is 1.41. The van der Waals surface area contributed by atoms with Crippen LogP contribution in [-0.4, -0.2) is 34.7 Å². The predicted octanol–water partition coefficient (Wildman–Crippen LogP) is 2.29. The molecule has 0 bridgehead atoms. The molecule has 2 rings (SSSR count). The molecule has 0 saturated heterocycles. The van der Waals surface area contributed by atoms with Gasteiger partial charge < -0.3 is 4.90 Å². The molecule has 0 saturated carbocycles. The maximum Gasteiger partial charge on any atom is 0.231 e. The van der Waals surface area contributed by atoms with Crippen molar-refractivity contribution in [3.05, 3.63) is 60.2 Å². The number of carbonyl (C=O) groups is 1. The van der Waals surface area contributed by atoms with Gasteiger partial charge in [0, 0.05) is 19.8 Å². The third kappa shape index (κ3) is 4.32. The number of nitrogens with zero attached hydrogens (tertiary/aromatic N) is 2. The summed E-state index contributed by atoms with van der Waals surface area (Å²) < 4.78 is 24.2. The van der Waals surface area contributed by atoms with Crippen molar-refractivity contribution in [3.63, 3.8) is 0 Å². The molecule has 6 heteroatoms. The topological polar surface area (TPSA) is 57.7 Å². The quantitative estimate of drug-likeness (QED) is 0.844. The molecular formula is C17H20N2O3S. The van der Waals surface area contributed by atoms with E-state index in [-0.39, 0.29) is 12.3 Å². The van der Waals surface area contributed by atoms with Crippen LogP contribution in [0.1, 0.15) is 5.56 Å². The predicted molar refractivity (Wildman–Crippen MR) is 93.2 cm³/mol. The van der Waals surface area contributed by atoms with Crippen LogP contribution >= 0.6 is 0 Å². The smallest absolute Gasteiger partial charge is 0.231 e. The van der Waals surface area contributed by atoms with Gasteiger partial charge in [-0.05, 0) is 29.8 Å². The summed E-state index contributed by atoms with van der Waals surface area (Å²) in [4.78, 5) is 13.9. The van der Waals surface area contributed by atoms with Gasteiger partial charge in [0.25, 0.3) is 0 Å². The lowest BCUT2D eigenvalue weighted by Crippen LogP contribution is -2.28. The molecule has 0 unspecified atom stereocenters. The minimum atomic E-state index is -3.28. The fourth-order valence-corrected chi connectivity index (χ4v) is 2.61. The Morgan fingerprint density at radius 2 is 1.48 bits per heavy atom. The van der Waals surface area contributed by atoms with Crippen molar-refractivity contribution in [2.45, 2.75) is 6.42 Å². The highest BCUT2D eigenvalue weighted by atomic mass is 32.2. The Morgan fingerprint density at radius 1 is 0.913 bits per heavy atom. The number of amides is 1. The van der Waals surface area contributed by atoms with E-state index in [1.54, 1.807) is 36.2 Å². The van der Waals surface area contributed by atoms with Gasteiger partial charge >= 0.3 is 0 Å². The number of anilines is 2. The van der Waals surface area contributed by atoms with Gasteiger partial charge in [0.1, 0.15) is 0 Å². The Balaban J connectivity index is 2.08. The lowest BCUT2D eigenvalue weighted by Gasteiger charge is -2.18. The first-order valence-electron chi connectivity index (χ1n) is 7.13. The Labute approximate surface area is 137 Å². The summed E-state index contributed by atoms with van der Waals surface area (Å²) in [7, 11) is -0.0448. The molecule has 2 aromatic rings. The van der Waals surface area contributed by atoms with Crippen molar-refractivity contribution in [2.75, 3.05) is 29.6 Å². The first-order valence-corrected chi connectivity index (χ1v) is 8.98. The summed E-state index contributed by atoms with van der Waals surface area (Å²) >= 11 is 0. The van der Waals surface area contributed by atoms with E-state index >= 15 is 0 Å². The third-order valence-corrected chi connectivity index (χ3v) is 4.88. The summed E-state index contributed by atoms with van der Waals surface area (Å²) in [5.74, 6) is -0.0274. The number of carbonyl (C=O) groups excluding carboxylic acids is 1. The lowest BCUT2D eigenvalue weighted by molar-refractivity contribution is -0.117. The van der Waals surface area contributed by atoms with E-state index in [4.69, 9.17) is 0 Å². The second kappa shape index (κ2) is 6.83. The van der Waals surface area contributed by atoms with Gasteiger partial charge in [-0.1, -0.05) is 30.3 Å². The molecule has 0 N–H and O–H groups in total. The Hall–Kier alpha value is -2.34. The minimum Gasteiger partial charge on any atom is -0.315 e. The van der Waals surface area contributed by atoms with Crippen molar-refractivity contribution in [2.24, 2.45) is 0 Å². The van der Waals surface area contributed by atoms with Crippen LogP contribution in [0.25, 0.3) is 0 Å². The van der Waals surface area contributed by atoms with Crippen molar-refractivity contribution >= 4 is 27.3 Å². The SMILES string of the molecule is CN(C(=O)Cc1ccc(N(C)S(C)(=O)=O)cc1)c1ccccc1. The maximum atomic E-state index is 12.3. The van der Waals surface area contributed by atoms with Crippen LogP contribution in [0.3, 0.4) is 0 Å². The van der Waals surface area contributed by atoms with E-state index in [9.17, 15) is 13.2 Å². The molecule has 0 radical (unpaired) electrons. The van der Waals surface area contributed by atoms with Crippen LogP contribution in [0.5, 0.6) is 0 Å². The highest BCUT2D eigenvalue weighted by Gasteiger charge is 2.14. The van der Waals surface area contributed by atoms with E-state index in [1.807, 2.05) is 30.3 Å². The average molecular weight is 332 g/mol. The van der Waals surface area contributed by atoms with Crippen molar-refractivity contribution < 1.29 is 13.2 Å². The van der Waals surface area contributed by atoms with Crippen LogP contribution in [0, 0.1) is 0 Å². The highest BCUT2D eigenvalue weighted by molar-refractivity contribution is 7.92. The fourth-order valence-electron chi connectivity index (χ4n) is 2.10. The van der Waals surface area contributed by atoms with Crippen LogP contribution in [0.2, 0.25) is 0 Å². The van der Waals surface area contributed by atoms with Gasteiger partial charge in [-0.25, -0.2) is 8.42 Å². The Kier molecular flexibility index (Phi) is 5.05. The van der Waals surface area contributed by atoms with Crippen molar-refractivity contribution in [1.82, 2.24) is 0 Å². The van der Waals surface area contributed by atoms with Gasteiger partial charge in [0.15, 0.2) is 0 Å². The van der Waals surface area contributed by atoms with E-state index in [2.05, 4.69) is 0 Å². The van der Waals surface area contributed by atoms with Crippen molar-refractivity contribution in [3.8, 4) is 0 Å². The normalized spacial score (nSPS) is 11.1. The summed E-state index contributed by atoms with van der Waals surface area (Å²) in [6.45, 7) is 0. The molecule has 0 atom stereocenters. The number of likely N-dealkylation sites (N-methyl/N-ethyl adjacent to an activating group) is 1. The fraction of sp³-hybridized carbons (Fsp3) is 0.235. The van der Waals surface area contributed by atoms with Crippen LogP contribution in [-0.2, 0) is 21.2 Å². The summed E-state index contributed by atoms with van der Waals surface area (Å²) in [5.41, 5.74) is 2.24. The molecule has 1 amide bonds. The number of benzene rings is 2.